The van der Waals surface area contributed by atoms with Gasteiger partial charge in [0.1, 0.15) is 23.6 Å². The molecule has 0 saturated carbocycles. The lowest BCUT2D eigenvalue weighted by Gasteiger charge is -2.24. The van der Waals surface area contributed by atoms with Crippen molar-refractivity contribution in [3.8, 4) is 22.5 Å². The smallest absolute Gasteiger partial charge is 0.229 e. The summed E-state index contributed by atoms with van der Waals surface area (Å²) in [5.74, 6) is 1.63. The minimum atomic E-state index is -0.782. The molecule has 0 radical (unpaired) electrons. The van der Waals surface area contributed by atoms with Gasteiger partial charge in [0.25, 0.3) is 0 Å². The van der Waals surface area contributed by atoms with Gasteiger partial charge in [-0.25, -0.2) is 14.4 Å². The van der Waals surface area contributed by atoms with Crippen LogP contribution in [-0.2, 0) is 10.8 Å². The van der Waals surface area contributed by atoms with Gasteiger partial charge in [-0.2, -0.15) is 5.10 Å². The largest absolute Gasteiger partial charge is 0.443 e. The topological polar surface area (TPSA) is 73.8 Å². The molecule has 1 aliphatic rings. The summed E-state index contributed by atoms with van der Waals surface area (Å²) in [7, 11) is -0.782. The molecule has 0 bridgehead atoms. The number of nitrogens with zero attached hydrogens (tertiary/aromatic N) is 4. The molecule has 0 unspecified atom stereocenters. The van der Waals surface area contributed by atoms with E-state index in [1.54, 1.807) is 12.1 Å². The molecule has 0 aliphatic carbocycles. The molecular formula is C21H21FN4O2S. The molecule has 1 saturated heterocycles. The summed E-state index contributed by atoms with van der Waals surface area (Å²) in [4.78, 5) is 8.65. The quantitative estimate of drug-likeness (QED) is 0.494. The van der Waals surface area contributed by atoms with E-state index in [-0.39, 0.29) is 11.9 Å². The lowest BCUT2D eigenvalue weighted by molar-refractivity contribution is 0.507. The van der Waals surface area contributed by atoms with Crippen molar-refractivity contribution in [2.24, 2.45) is 0 Å². The van der Waals surface area contributed by atoms with Crippen LogP contribution in [0.4, 0.5) is 4.39 Å². The minimum absolute atomic E-state index is 0.0993. The van der Waals surface area contributed by atoms with Crippen molar-refractivity contribution in [3.05, 3.63) is 54.4 Å². The number of aryl methyl sites for hydroxylation is 1. The summed E-state index contributed by atoms with van der Waals surface area (Å²) in [6, 6.07) is 8.21. The van der Waals surface area contributed by atoms with Crippen LogP contribution in [0.25, 0.3) is 33.6 Å². The van der Waals surface area contributed by atoms with Crippen LogP contribution < -0.4 is 0 Å². The van der Waals surface area contributed by atoms with E-state index in [9.17, 15) is 8.60 Å². The Morgan fingerprint density at radius 3 is 2.55 bits per heavy atom. The van der Waals surface area contributed by atoms with Crippen molar-refractivity contribution in [2.45, 2.75) is 26.8 Å². The molecule has 0 atom stereocenters. The fraction of sp³-hybridized carbons (Fsp3) is 0.286. The van der Waals surface area contributed by atoms with Crippen LogP contribution in [0.1, 0.15) is 25.6 Å². The van der Waals surface area contributed by atoms with Gasteiger partial charge in [0.05, 0.1) is 17.1 Å². The highest BCUT2D eigenvalue weighted by molar-refractivity contribution is 7.86. The van der Waals surface area contributed by atoms with Gasteiger partial charge in [-0.05, 0) is 37.3 Å². The first-order valence-corrected chi connectivity index (χ1v) is 11.0. The third-order valence-corrected chi connectivity index (χ3v) is 6.20. The van der Waals surface area contributed by atoms with Gasteiger partial charge >= 0.3 is 0 Å². The van der Waals surface area contributed by atoms with Gasteiger partial charge in [0.15, 0.2) is 0 Å². The Labute approximate surface area is 170 Å². The first-order valence-electron chi connectivity index (χ1n) is 9.50. The standard InChI is InChI=1S/C19H15FN4O2S.C2H6/c1-11-6-15-18(21-10-22-19(15)26-11)16-7-24(14-8-27(25)9-14)23-17(16)12-2-4-13(20)5-3-12;1-2/h2-7,10,14H,8-9H2,1H3;1-2H3. The maximum atomic E-state index is 13.4. The Hall–Kier alpha value is -2.87. The van der Waals surface area contributed by atoms with E-state index < -0.39 is 10.8 Å². The molecule has 0 N–H and O–H groups in total. The summed E-state index contributed by atoms with van der Waals surface area (Å²) in [5, 5.41) is 5.53. The lowest BCUT2D eigenvalue weighted by Crippen LogP contribution is -2.33. The molecule has 0 amide bonds. The number of aromatic nitrogens is 4. The molecule has 4 aromatic rings. The summed E-state index contributed by atoms with van der Waals surface area (Å²) in [5.41, 5.74) is 3.53. The van der Waals surface area contributed by atoms with Crippen molar-refractivity contribution in [2.75, 3.05) is 11.5 Å². The number of benzene rings is 1. The monoisotopic (exact) mass is 412 g/mol. The van der Waals surface area contributed by atoms with Crippen LogP contribution in [0.3, 0.4) is 0 Å². The molecule has 5 rings (SSSR count). The number of furan rings is 1. The van der Waals surface area contributed by atoms with Gasteiger partial charge < -0.3 is 4.42 Å². The van der Waals surface area contributed by atoms with Crippen LogP contribution in [0.2, 0.25) is 0 Å². The fourth-order valence-corrected chi connectivity index (χ4v) is 4.36. The zero-order valence-electron chi connectivity index (χ0n) is 16.4. The van der Waals surface area contributed by atoms with Gasteiger partial charge in [0.2, 0.25) is 5.71 Å². The second-order valence-corrected chi connectivity index (χ2v) is 8.15. The Morgan fingerprint density at radius 2 is 1.86 bits per heavy atom. The Balaban J connectivity index is 0.000000994. The summed E-state index contributed by atoms with van der Waals surface area (Å²) >= 11 is 0. The zero-order valence-corrected chi connectivity index (χ0v) is 17.2. The second-order valence-electron chi connectivity index (χ2n) is 6.60. The first-order chi connectivity index (χ1) is 14.1. The third kappa shape index (κ3) is 3.60. The number of hydrogen-bond donors (Lipinski definition) is 0. The molecule has 3 aromatic heterocycles. The molecular weight excluding hydrogens is 391 g/mol. The molecule has 0 spiro atoms. The maximum Gasteiger partial charge on any atom is 0.229 e. The highest BCUT2D eigenvalue weighted by atomic mass is 32.2. The van der Waals surface area contributed by atoms with Crippen LogP contribution in [0, 0.1) is 12.7 Å². The molecule has 29 heavy (non-hydrogen) atoms. The minimum Gasteiger partial charge on any atom is -0.443 e. The summed E-state index contributed by atoms with van der Waals surface area (Å²) < 4.78 is 32.4. The van der Waals surface area contributed by atoms with Gasteiger partial charge in [-0.1, -0.05) is 13.8 Å². The maximum absolute atomic E-state index is 13.4. The zero-order chi connectivity index (χ0) is 20.5. The molecule has 150 valence electrons. The summed E-state index contributed by atoms with van der Waals surface area (Å²) in [6.45, 7) is 5.86. The van der Waals surface area contributed by atoms with Gasteiger partial charge in [0, 0.05) is 39.6 Å². The molecule has 1 aromatic carbocycles. The number of halogens is 1. The normalized spacial score (nSPS) is 18.2. The van der Waals surface area contributed by atoms with Crippen LogP contribution >= 0.6 is 0 Å². The Kier molecular flexibility index (Phi) is 5.27. The van der Waals surface area contributed by atoms with E-state index in [1.165, 1.54) is 18.5 Å². The van der Waals surface area contributed by atoms with Gasteiger partial charge in [-0.3, -0.25) is 8.89 Å². The predicted octanol–water partition coefficient (Wildman–Crippen LogP) is 4.53. The van der Waals surface area contributed by atoms with Crippen LogP contribution in [-0.4, -0.2) is 35.5 Å². The van der Waals surface area contributed by atoms with E-state index in [1.807, 2.05) is 37.7 Å². The first kappa shape index (κ1) is 19.4. The number of rotatable bonds is 3. The molecule has 4 heterocycles. The van der Waals surface area contributed by atoms with Crippen LogP contribution in [0.15, 0.2) is 47.3 Å². The molecule has 1 aliphatic heterocycles. The lowest BCUT2D eigenvalue weighted by atomic mass is 10.0. The Morgan fingerprint density at radius 1 is 1.14 bits per heavy atom. The highest BCUT2D eigenvalue weighted by Gasteiger charge is 2.29. The molecule has 1 fully saturated rings. The van der Waals surface area contributed by atoms with Crippen molar-refractivity contribution < 1.29 is 13.0 Å². The second kappa shape index (κ2) is 7.87. The van der Waals surface area contributed by atoms with E-state index in [0.29, 0.717) is 28.6 Å². The summed E-state index contributed by atoms with van der Waals surface area (Å²) in [6.07, 6.45) is 3.38. The van der Waals surface area contributed by atoms with Crippen molar-refractivity contribution in [1.82, 2.24) is 19.7 Å². The van der Waals surface area contributed by atoms with E-state index >= 15 is 0 Å². The average molecular weight is 412 g/mol. The van der Waals surface area contributed by atoms with Crippen LogP contribution in [0.5, 0.6) is 0 Å². The number of fused-ring (bicyclic) bond motifs is 1. The highest BCUT2D eigenvalue weighted by Crippen LogP contribution is 2.36. The third-order valence-electron chi connectivity index (χ3n) is 4.69. The molecule has 6 nitrogen and oxygen atoms in total. The SMILES string of the molecule is CC.Cc1cc2c(-c3cn(C4CS(=O)C4)nc3-c3ccc(F)cc3)ncnc2o1. The fourth-order valence-electron chi connectivity index (χ4n) is 3.30. The van der Waals surface area contributed by atoms with Crippen molar-refractivity contribution in [3.63, 3.8) is 0 Å². The van der Waals surface area contributed by atoms with Crippen molar-refractivity contribution >= 4 is 21.9 Å². The van der Waals surface area contributed by atoms with E-state index in [4.69, 9.17) is 9.52 Å². The average Bonchev–Trinajstić information content (AvgIpc) is 3.30. The van der Waals surface area contributed by atoms with Crippen molar-refractivity contribution in [1.29, 1.82) is 0 Å². The van der Waals surface area contributed by atoms with E-state index in [0.717, 1.165) is 22.3 Å². The number of hydrogen-bond acceptors (Lipinski definition) is 5. The van der Waals surface area contributed by atoms with E-state index in [2.05, 4.69) is 9.97 Å². The Bertz CT molecular complexity index is 1180. The van der Waals surface area contributed by atoms with Gasteiger partial charge in [-0.15, -0.1) is 0 Å². The predicted molar refractivity (Wildman–Crippen MR) is 111 cm³/mol. The molecule has 8 heteroatoms.